The molecule has 0 heterocycles. The van der Waals surface area contributed by atoms with Gasteiger partial charge in [-0.15, -0.1) is 0 Å². The van der Waals surface area contributed by atoms with E-state index in [9.17, 15) is 0 Å². The lowest BCUT2D eigenvalue weighted by Crippen LogP contribution is -2.46. The number of benzene rings is 1. The van der Waals surface area contributed by atoms with Crippen LogP contribution in [0.2, 0.25) is 0 Å². The molecule has 15 heavy (non-hydrogen) atoms. The highest BCUT2D eigenvalue weighted by Crippen LogP contribution is 2.20. The Morgan fingerprint density at radius 2 is 1.93 bits per heavy atom. The van der Waals surface area contributed by atoms with Crippen molar-refractivity contribution in [2.24, 2.45) is 5.73 Å². The van der Waals surface area contributed by atoms with E-state index in [2.05, 4.69) is 57.0 Å². The summed E-state index contributed by atoms with van der Waals surface area (Å²) < 4.78 is 0. The normalized spacial score (nSPS) is 14.7. The van der Waals surface area contributed by atoms with Crippen molar-refractivity contribution in [3.8, 4) is 0 Å². The minimum atomic E-state index is -0.114. The molecule has 0 radical (unpaired) electrons. The lowest BCUT2D eigenvalue weighted by atomic mass is 9.99. The maximum atomic E-state index is 6.16. The summed E-state index contributed by atoms with van der Waals surface area (Å²) in [6.45, 7) is 7.24. The molecule has 1 rings (SSSR count). The SMILES string of the molecule is CCC(C)(N)CN(C)c1ccccc1C. The van der Waals surface area contributed by atoms with Crippen molar-refractivity contribution in [2.75, 3.05) is 18.5 Å². The molecule has 0 aliphatic rings. The maximum absolute atomic E-state index is 6.16. The molecule has 0 fully saturated rings. The third-order valence-corrected chi connectivity index (χ3v) is 2.93. The lowest BCUT2D eigenvalue weighted by molar-refractivity contribution is 0.455. The molecule has 2 nitrogen and oxygen atoms in total. The first kappa shape index (κ1) is 12.1. The number of nitrogens with two attached hydrogens (primary N) is 1. The number of aryl methyl sites for hydroxylation is 1. The van der Waals surface area contributed by atoms with Crippen molar-refractivity contribution in [3.63, 3.8) is 0 Å². The number of hydrogen-bond donors (Lipinski definition) is 1. The predicted molar refractivity (Wildman–Crippen MR) is 67.3 cm³/mol. The molecule has 0 bridgehead atoms. The van der Waals surface area contributed by atoms with Crippen LogP contribution in [0.5, 0.6) is 0 Å². The fraction of sp³-hybridized carbons (Fsp3) is 0.538. The summed E-state index contributed by atoms with van der Waals surface area (Å²) in [5.41, 5.74) is 8.61. The summed E-state index contributed by atoms with van der Waals surface area (Å²) >= 11 is 0. The van der Waals surface area contributed by atoms with Gasteiger partial charge in [-0.3, -0.25) is 0 Å². The van der Waals surface area contributed by atoms with Crippen LogP contribution in [0.25, 0.3) is 0 Å². The van der Waals surface area contributed by atoms with E-state index in [1.165, 1.54) is 11.3 Å². The first-order valence-corrected chi connectivity index (χ1v) is 5.52. The van der Waals surface area contributed by atoms with E-state index < -0.39 is 0 Å². The number of hydrogen-bond acceptors (Lipinski definition) is 2. The fourth-order valence-electron chi connectivity index (χ4n) is 1.73. The van der Waals surface area contributed by atoms with Crippen LogP contribution in [0.4, 0.5) is 5.69 Å². The molecule has 1 aromatic carbocycles. The minimum Gasteiger partial charge on any atom is -0.373 e. The molecule has 1 unspecified atom stereocenters. The molecule has 2 N–H and O–H groups in total. The highest BCUT2D eigenvalue weighted by Gasteiger charge is 2.18. The molecule has 0 saturated carbocycles. The quantitative estimate of drug-likeness (QED) is 0.820. The molecule has 84 valence electrons. The van der Waals surface area contributed by atoms with Crippen LogP contribution < -0.4 is 10.6 Å². The summed E-state index contributed by atoms with van der Waals surface area (Å²) in [4.78, 5) is 2.23. The van der Waals surface area contributed by atoms with Crippen molar-refractivity contribution < 1.29 is 0 Å². The molecule has 0 amide bonds. The van der Waals surface area contributed by atoms with Gasteiger partial charge in [0.25, 0.3) is 0 Å². The average molecular weight is 206 g/mol. The summed E-state index contributed by atoms with van der Waals surface area (Å²) in [5, 5.41) is 0. The Kier molecular flexibility index (Phi) is 3.75. The first-order valence-electron chi connectivity index (χ1n) is 5.52. The zero-order valence-corrected chi connectivity index (χ0v) is 10.2. The Hall–Kier alpha value is -1.02. The lowest BCUT2D eigenvalue weighted by Gasteiger charge is -2.31. The summed E-state index contributed by atoms with van der Waals surface area (Å²) in [6.07, 6.45) is 0.989. The third-order valence-electron chi connectivity index (χ3n) is 2.93. The van der Waals surface area contributed by atoms with Crippen molar-refractivity contribution in [3.05, 3.63) is 29.8 Å². The van der Waals surface area contributed by atoms with Crippen molar-refractivity contribution in [1.29, 1.82) is 0 Å². The Morgan fingerprint density at radius 3 is 2.47 bits per heavy atom. The van der Waals surface area contributed by atoms with Crippen LogP contribution >= 0.6 is 0 Å². The molecule has 0 aromatic heterocycles. The van der Waals surface area contributed by atoms with Crippen molar-refractivity contribution >= 4 is 5.69 Å². The van der Waals surface area contributed by atoms with E-state index in [1.807, 2.05) is 0 Å². The summed E-state index contributed by atoms with van der Waals surface area (Å²) in [6, 6.07) is 8.40. The van der Waals surface area contributed by atoms with E-state index in [-0.39, 0.29) is 5.54 Å². The Labute approximate surface area is 93.1 Å². The molecule has 0 aliphatic heterocycles. The Morgan fingerprint density at radius 1 is 1.33 bits per heavy atom. The second-order valence-corrected chi connectivity index (χ2v) is 4.65. The second-order valence-electron chi connectivity index (χ2n) is 4.65. The molecule has 1 aromatic rings. The maximum Gasteiger partial charge on any atom is 0.0393 e. The van der Waals surface area contributed by atoms with Crippen LogP contribution in [0, 0.1) is 6.92 Å². The minimum absolute atomic E-state index is 0.114. The van der Waals surface area contributed by atoms with Gasteiger partial charge >= 0.3 is 0 Å². The van der Waals surface area contributed by atoms with Gasteiger partial charge in [-0.25, -0.2) is 0 Å². The number of likely N-dealkylation sites (N-methyl/N-ethyl adjacent to an activating group) is 1. The third kappa shape index (κ3) is 3.24. The van der Waals surface area contributed by atoms with Crippen LogP contribution in [-0.4, -0.2) is 19.1 Å². The zero-order valence-electron chi connectivity index (χ0n) is 10.2. The molecule has 0 saturated heterocycles. The highest BCUT2D eigenvalue weighted by atomic mass is 15.1. The smallest absolute Gasteiger partial charge is 0.0393 e. The van der Waals surface area contributed by atoms with Gasteiger partial charge in [0.15, 0.2) is 0 Å². The molecular formula is C13H22N2. The summed E-state index contributed by atoms with van der Waals surface area (Å²) in [7, 11) is 2.10. The van der Waals surface area contributed by atoms with Gasteiger partial charge in [0.1, 0.15) is 0 Å². The van der Waals surface area contributed by atoms with Gasteiger partial charge in [-0.1, -0.05) is 25.1 Å². The Balaban J connectivity index is 2.78. The molecule has 0 spiro atoms. The molecule has 2 heteroatoms. The van der Waals surface area contributed by atoms with Gasteiger partial charge in [0.05, 0.1) is 0 Å². The largest absolute Gasteiger partial charge is 0.373 e. The van der Waals surface area contributed by atoms with Crippen molar-refractivity contribution in [2.45, 2.75) is 32.7 Å². The number of rotatable bonds is 4. The summed E-state index contributed by atoms with van der Waals surface area (Å²) in [5.74, 6) is 0. The van der Waals surface area contributed by atoms with Gasteiger partial charge in [0, 0.05) is 24.8 Å². The van der Waals surface area contributed by atoms with E-state index >= 15 is 0 Å². The van der Waals surface area contributed by atoms with Crippen LogP contribution in [0.1, 0.15) is 25.8 Å². The second kappa shape index (κ2) is 4.67. The highest BCUT2D eigenvalue weighted by molar-refractivity contribution is 5.52. The van der Waals surface area contributed by atoms with E-state index in [1.54, 1.807) is 0 Å². The first-order chi connectivity index (χ1) is 6.96. The van der Waals surface area contributed by atoms with Gasteiger partial charge < -0.3 is 10.6 Å². The monoisotopic (exact) mass is 206 g/mol. The number of para-hydroxylation sites is 1. The zero-order chi connectivity index (χ0) is 11.5. The van der Waals surface area contributed by atoms with Crippen molar-refractivity contribution in [1.82, 2.24) is 0 Å². The van der Waals surface area contributed by atoms with Crippen LogP contribution in [0.3, 0.4) is 0 Å². The average Bonchev–Trinajstić information content (AvgIpc) is 2.17. The van der Waals surface area contributed by atoms with E-state index in [0.29, 0.717) is 0 Å². The number of anilines is 1. The van der Waals surface area contributed by atoms with E-state index in [0.717, 1.165) is 13.0 Å². The molecular weight excluding hydrogens is 184 g/mol. The van der Waals surface area contributed by atoms with Gasteiger partial charge in [0.2, 0.25) is 0 Å². The van der Waals surface area contributed by atoms with E-state index in [4.69, 9.17) is 5.73 Å². The number of nitrogens with zero attached hydrogens (tertiary/aromatic N) is 1. The van der Waals surface area contributed by atoms with Crippen LogP contribution in [0.15, 0.2) is 24.3 Å². The fourth-order valence-corrected chi connectivity index (χ4v) is 1.73. The Bertz CT molecular complexity index is 318. The molecule has 0 aliphatic carbocycles. The standard InChI is InChI=1S/C13H22N2/c1-5-13(3,14)10-15(4)12-9-7-6-8-11(12)2/h6-9H,5,10,14H2,1-4H3. The van der Waals surface area contributed by atoms with Gasteiger partial charge in [-0.2, -0.15) is 0 Å². The van der Waals surface area contributed by atoms with Gasteiger partial charge in [-0.05, 0) is 31.9 Å². The van der Waals surface area contributed by atoms with Crippen LogP contribution in [-0.2, 0) is 0 Å². The topological polar surface area (TPSA) is 29.3 Å². The predicted octanol–water partition coefficient (Wildman–Crippen LogP) is 2.56. The molecule has 1 atom stereocenters.